The molecule has 128 valence electrons. The molecule has 1 aromatic carbocycles. The molecule has 6 nitrogen and oxygen atoms in total. The van der Waals surface area contributed by atoms with Crippen molar-refractivity contribution in [2.24, 2.45) is 0 Å². The van der Waals surface area contributed by atoms with Gasteiger partial charge >= 0.3 is 6.09 Å². The molecule has 0 spiro atoms. The summed E-state index contributed by atoms with van der Waals surface area (Å²) in [7, 11) is 3.91. The maximum Gasteiger partial charge on any atom is 0.408 e. The monoisotopic (exact) mass is 321 g/mol. The number of rotatable bonds is 4. The number of fused-ring (bicyclic) bond motifs is 1. The molecule has 6 heteroatoms. The topological polar surface area (TPSA) is 76.8 Å². The Bertz CT molecular complexity index is 579. The zero-order valence-corrected chi connectivity index (χ0v) is 14.6. The third kappa shape index (κ3) is 4.76. The summed E-state index contributed by atoms with van der Waals surface area (Å²) in [5.74, 6) is 0.835. The number of alkyl carbamates (subject to hydrolysis) is 1. The van der Waals surface area contributed by atoms with Gasteiger partial charge in [0.2, 0.25) is 0 Å². The molecule has 1 heterocycles. The lowest BCUT2D eigenvalue weighted by atomic mass is 10.0. The van der Waals surface area contributed by atoms with Crippen LogP contribution in [0.15, 0.2) is 12.1 Å². The number of hydrogen-bond donors (Lipinski definition) is 2. The van der Waals surface area contributed by atoms with Gasteiger partial charge in [-0.3, -0.25) is 0 Å². The van der Waals surface area contributed by atoms with Crippen LogP contribution in [0.5, 0.6) is 5.75 Å². The molecule has 0 bridgehead atoms. The van der Waals surface area contributed by atoms with E-state index in [0.717, 1.165) is 23.3 Å². The van der Waals surface area contributed by atoms with Crippen molar-refractivity contribution < 1.29 is 14.3 Å². The molecule has 1 atom stereocenters. The van der Waals surface area contributed by atoms with Gasteiger partial charge in [0.1, 0.15) is 11.4 Å². The Balaban J connectivity index is 2.27. The Kier molecular flexibility index (Phi) is 5.04. The molecule has 0 radical (unpaired) electrons. The van der Waals surface area contributed by atoms with Crippen molar-refractivity contribution in [3.8, 4) is 5.75 Å². The van der Waals surface area contributed by atoms with Gasteiger partial charge in [-0.15, -0.1) is 0 Å². The van der Waals surface area contributed by atoms with Gasteiger partial charge in [0.05, 0.1) is 12.6 Å². The number of likely N-dealkylation sites (N-methyl/N-ethyl adjacent to an activating group) is 1. The van der Waals surface area contributed by atoms with Gasteiger partial charge < -0.3 is 25.4 Å². The fourth-order valence-electron chi connectivity index (χ4n) is 2.66. The van der Waals surface area contributed by atoms with Crippen LogP contribution in [0.4, 0.5) is 10.5 Å². The molecule has 3 N–H and O–H groups in total. The highest BCUT2D eigenvalue weighted by Gasteiger charge is 2.26. The van der Waals surface area contributed by atoms with Gasteiger partial charge in [0, 0.05) is 24.2 Å². The summed E-state index contributed by atoms with van der Waals surface area (Å²) in [4.78, 5) is 14.2. The molecule has 1 aliphatic heterocycles. The second-order valence-corrected chi connectivity index (χ2v) is 7.16. The predicted molar refractivity (Wildman–Crippen MR) is 90.7 cm³/mol. The Morgan fingerprint density at radius 1 is 1.43 bits per heavy atom. The van der Waals surface area contributed by atoms with E-state index in [1.165, 1.54) is 0 Å². The normalized spacial score (nSPS) is 15.0. The second kappa shape index (κ2) is 6.66. The Labute approximate surface area is 137 Å². The lowest BCUT2D eigenvalue weighted by Crippen LogP contribution is -2.39. The Hall–Kier alpha value is -1.95. The molecule has 0 saturated heterocycles. The van der Waals surface area contributed by atoms with E-state index in [1.54, 1.807) is 0 Å². The zero-order chi connectivity index (χ0) is 17.2. The smallest absolute Gasteiger partial charge is 0.408 e. The number of nitrogens with two attached hydrogens (primary N) is 1. The van der Waals surface area contributed by atoms with Crippen molar-refractivity contribution >= 4 is 11.8 Å². The molecular weight excluding hydrogens is 294 g/mol. The average Bonchev–Trinajstić information content (AvgIpc) is 2.81. The van der Waals surface area contributed by atoms with E-state index >= 15 is 0 Å². The van der Waals surface area contributed by atoms with Gasteiger partial charge in [-0.2, -0.15) is 0 Å². The number of anilines is 1. The van der Waals surface area contributed by atoms with Crippen LogP contribution in [0.3, 0.4) is 0 Å². The lowest BCUT2D eigenvalue weighted by molar-refractivity contribution is 0.0495. The molecule has 23 heavy (non-hydrogen) atoms. The lowest BCUT2D eigenvalue weighted by Gasteiger charge is -2.27. The number of nitrogens with one attached hydrogen (secondary N) is 1. The largest absolute Gasteiger partial charge is 0.493 e. The first-order chi connectivity index (χ1) is 10.7. The third-order valence-corrected chi connectivity index (χ3v) is 3.45. The summed E-state index contributed by atoms with van der Waals surface area (Å²) in [6.45, 7) is 6.80. The van der Waals surface area contributed by atoms with Crippen molar-refractivity contribution in [1.29, 1.82) is 0 Å². The van der Waals surface area contributed by atoms with Crippen LogP contribution in [0.25, 0.3) is 0 Å². The molecule has 1 amide bonds. The van der Waals surface area contributed by atoms with Crippen LogP contribution in [0.2, 0.25) is 0 Å². The first kappa shape index (κ1) is 17.4. The molecule has 1 aromatic rings. The summed E-state index contributed by atoms with van der Waals surface area (Å²) in [5.41, 5.74) is 8.15. The SMILES string of the molecule is CN(C)CC(NC(=O)OC(C)(C)C)c1cc(N)cc2c1OCC2. The average molecular weight is 321 g/mol. The minimum atomic E-state index is -0.541. The van der Waals surface area contributed by atoms with E-state index in [-0.39, 0.29) is 6.04 Å². The standard InChI is InChI=1S/C17H27N3O3/c1-17(2,3)23-16(21)19-14(10-20(4)5)13-9-12(18)8-11-6-7-22-15(11)13/h8-9,14H,6-7,10,18H2,1-5H3,(H,19,21). The highest BCUT2D eigenvalue weighted by Crippen LogP contribution is 2.36. The second-order valence-electron chi connectivity index (χ2n) is 7.16. The van der Waals surface area contributed by atoms with Crippen LogP contribution in [-0.4, -0.2) is 43.8 Å². The molecule has 0 aromatic heterocycles. The van der Waals surface area contributed by atoms with Crippen molar-refractivity contribution in [2.75, 3.05) is 33.0 Å². The first-order valence-electron chi connectivity index (χ1n) is 7.85. The van der Waals surface area contributed by atoms with E-state index in [0.29, 0.717) is 18.8 Å². The van der Waals surface area contributed by atoms with E-state index < -0.39 is 11.7 Å². The van der Waals surface area contributed by atoms with Crippen molar-refractivity contribution in [2.45, 2.75) is 38.8 Å². The van der Waals surface area contributed by atoms with Crippen LogP contribution in [0.1, 0.15) is 37.9 Å². The summed E-state index contributed by atoms with van der Waals surface area (Å²) < 4.78 is 11.1. The quantitative estimate of drug-likeness (QED) is 0.832. The number of hydrogen-bond acceptors (Lipinski definition) is 5. The highest BCUT2D eigenvalue weighted by atomic mass is 16.6. The van der Waals surface area contributed by atoms with Crippen molar-refractivity contribution in [3.05, 3.63) is 23.3 Å². The minimum absolute atomic E-state index is 0.254. The maximum atomic E-state index is 12.2. The fraction of sp³-hybridized carbons (Fsp3) is 0.588. The number of amides is 1. The first-order valence-corrected chi connectivity index (χ1v) is 7.85. The van der Waals surface area contributed by atoms with Gasteiger partial charge in [-0.1, -0.05) is 0 Å². The molecule has 0 saturated carbocycles. The van der Waals surface area contributed by atoms with E-state index in [1.807, 2.05) is 51.9 Å². The van der Waals surface area contributed by atoms with Crippen LogP contribution >= 0.6 is 0 Å². The van der Waals surface area contributed by atoms with Gasteiger partial charge in [-0.25, -0.2) is 4.79 Å². The number of carbonyl (C=O) groups excluding carboxylic acids is 1. The number of benzene rings is 1. The highest BCUT2D eigenvalue weighted by molar-refractivity contribution is 5.69. The number of nitrogens with zero attached hydrogens (tertiary/aromatic N) is 1. The molecule has 0 aliphatic carbocycles. The molecule has 1 aliphatic rings. The summed E-state index contributed by atoms with van der Waals surface area (Å²) in [6.07, 6.45) is 0.396. The van der Waals surface area contributed by atoms with Crippen molar-refractivity contribution in [3.63, 3.8) is 0 Å². The fourth-order valence-corrected chi connectivity index (χ4v) is 2.66. The number of carbonyl (C=O) groups is 1. The summed E-state index contributed by atoms with van der Waals surface area (Å²) in [6, 6.07) is 3.55. The summed E-state index contributed by atoms with van der Waals surface area (Å²) in [5, 5.41) is 2.94. The van der Waals surface area contributed by atoms with Gasteiger partial charge in [-0.05, 0) is 52.6 Å². The van der Waals surface area contributed by atoms with Gasteiger partial charge in [0.15, 0.2) is 0 Å². The summed E-state index contributed by atoms with van der Waals surface area (Å²) >= 11 is 0. The molecule has 1 unspecified atom stereocenters. The van der Waals surface area contributed by atoms with E-state index in [4.69, 9.17) is 15.2 Å². The number of ether oxygens (including phenoxy) is 2. The van der Waals surface area contributed by atoms with Gasteiger partial charge in [0.25, 0.3) is 0 Å². The number of nitrogen functional groups attached to an aromatic ring is 1. The molecule has 2 rings (SSSR count). The third-order valence-electron chi connectivity index (χ3n) is 3.45. The Morgan fingerprint density at radius 2 is 2.13 bits per heavy atom. The van der Waals surface area contributed by atoms with Crippen molar-refractivity contribution in [1.82, 2.24) is 10.2 Å². The van der Waals surface area contributed by atoms with E-state index in [2.05, 4.69) is 5.32 Å². The zero-order valence-electron chi connectivity index (χ0n) is 14.6. The molecular formula is C17H27N3O3. The maximum absolute atomic E-state index is 12.2. The van der Waals surface area contributed by atoms with Crippen LogP contribution in [-0.2, 0) is 11.2 Å². The minimum Gasteiger partial charge on any atom is -0.493 e. The Morgan fingerprint density at radius 3 is 2.74 bits per heavy atom. The predicted octanol–water partition coefficient (Wildman–Crippen LogP) is 2.33. The molecule has 0 fully saturated rings. The van der Waals surface area contributed by atoms with Crippen LogP contribution in [0, 0.1) is 0 Å². The van der Waals surface area contributed by atoms with E-state index in [9.17, 15) is 4.79 Å². The van der Waals surface area contributed by atoms with Crippen LogP contribution < -0.4 is 15.8 Å².